The zero-order valence-electron chi connectivity index (χ0n) is 37.7. The molecule has 0 saturated carbocycles. The highest BCUT2D eigenvalue weighted by molar-refractivity contribution is 7.14. The topological polar surface area (TPSA) is 81.6 Å². The van der Waals surface area contributed by atoms with Crippen molar-refractivity contribution in [2.24, 2.45) is 0 Å². The van der Waals surface area contributed by atoms with Crippen molar-refractivity contribution in [1.29, 1.82) is 0 Å². The maximum Gasteiger partial charge on any atom is 0.262 e. The molecule has 0 N–H and O–H groups in total. The average Bonchev–Trinajstić information content (AvgIpc) is 4.10. The van der Waals surface area contributed by atoms with Crippen LogP contribution >= 0.6 is 22.7 Å². The van der Waals surface area contributed by atoms with E-state index in [1.807, 2.05) is 59.3 Å². The quantitative estimate of drug-likeness (QED) is 0.0379. The lowest BCUT2D eigenvalue weighted by Gasteiger charge is -2.18. The number of benzene rings is 3. The van der Waals surface area contributed by atoms with Crippen molar-refractivity contribution < 1.29 is 19.1 Å². The molecule has 63 heavy (non-hydrogen) atoms. The largest absolute Gasteiger partial charge is 0.494 e. The summed E-state index contributed by atoms with van der Waals surface area (Å²) in [5.41, 5.74) is 6.61. The molecular weight excluding hydrogens is 819 g/mol. The minimum absolute atomic E-state index is 0.248. The summed E-state index contributed by atoms with van der Waals surface area (Å²) in [5.74, 6) is 1.15. The van der Waals surface area contributed by atoms with E-state index < -0.39 is 0 Å². The highest BCUT2D eigenvalue weighted by Gasteiger charge is 2.42. The number of hydrogen-bond acceptors (Lipinski definition) is 8. The molecule has 3 aromatic heterocycles. The van der Waals surface area contributed by atoms with Gasteiger partial charge in [0, 0.05) is 38.6 Å². The Bertz CT molecular complexity index is 2200. The molecule has 0 saturated heterocycles. The molecule has 3 aromatic carbocycles. The number of amides is 2. The number of carbonyl (C=O) groups excluding carboxylic acids is 2. The number of unbranched alkanes of at least 4 members (excludes halogenated alkanes) is 15. The Morgan fingerprint density at radius 3 is 1.22 bits per heavy atom. The first-order valence-corrected chi connectivity index (χ1v) is 25.6. The second-order valence-corrected chi connectivity index (χ2v) is 18.8. The summed E-state index contributed by atoms with van der Waals surface area (Å²) in [6, 6.07) is 24.3. The molecule has 0 fully saturated rings. The number of thiophene rings is 2. The first-order valence-electron chi connectivity index (χ1n) is 23.9. The van der Waals surface area contributed by atoms with Crippen molar-refractivity contribution in [1.82, 2.24) is 14.9 Å². The van der Waals surface area contributed by atoms with Crippen molar-refractivity contribution in [3.8, 4) is 54.9 Å². The van der Waals surface area contributed by atoms with E-state index in [4.69, 9.17) is 19.4 Å². The summed E-state index contributed by atoms with van der Waals surface area (Å²) in [7, 11) is 0. The molecule has 9 heteroatoms. The molecule has 2 amide bonds. The van der Waals surface area contributed by atoms with Gasteiger partial charge in [0.25, 0.3) is 11.8 Å². The van der Waals surface area contributed by atoms with E-state index in [0.717, 1.165) is 64.5 Å². The van der Waals surface area contributed by atoms with Crippen LogP contribution in [-0.4, -0.2) is 46.4 Å². The van der Waals surface area contributed by atoms with E-state index in [-0.39, 0.29) is 11.8 Å². The van der Waals surface area contributed by atoms with Gasteiger partial charge in [0.1, 0.15) is 11.5 Å². The van der Waals surface area contributed by atoms with Crippen molar-refractivity contribution in [2.75, 3.05) is 19.8 Å². The molecule has 1 aliphatic heterocycles. The number of aromatic nitrogens is 2. The Kier molecular flexibility index (Phi) is 17.4. The zero-order valence-corrected chi connectivity index (χ0v) is 39.4. The number of rotatable bonds is 27. The third-order valence-electron chi connectivity index (χ3n) is 12.1. The molecule has 332 valence electrons. The first-order chi connectivity index (χ1) is 31.0. The molecule has 7 nitrogen and oxygen atoms in total. The predicted octanol–water partition coefficient (Wildman–Crippen LogP) is 15.9. The number of imide groups is 1. The number of carbonyl (C=O) groups is 2. The second kappa shape index (κ2) is 23.7. The summed E-state index contributed by atoms with van der Waals surface area (Å²) in [4.78, 5) is 43.8. The van der Waals surface area contributed by atoms with Crippen LogP contribution in [0.15, 0.2) is 83.6 Å². The molecule has 0 aliphatic carbocycles. The van der Waals surface area contributed by atoms with Crippen LogP contribution in [0.2, 0.25) is 0 Å². The lowest BCUT2D eigenvalue weighted by molar-refractivity contribution is 0.0652. The smallest absolute Gasteiger partial charge is 0.262 e. The molecule has 0 unspecified atom stereocenters. The maximum atomic E-state index is 14.7. The Labute approximate surface area is 383 Å². The van der Waals surface area contributed by atoms with E-state index >= 15 is 0 Å². The normalized spacial score (nSPS) is 12.5. The average molecular weight is 884 g/mol. The van der Waals surface area contributed by atoms with E-state index in [1.165, 1.54) is 88.4 Å². The maximum absolute atomic E-state index is 14.7. The fourth-order valence-corrected chi connectivity index (χ4v) is 10.2. The third-order valence-corrected chi connectivity index (χ3v) is 13.9. The number of ether oxygens (including phenoxy) is 2. The van der Waals surface area contributed by atoms with E-state index in [2.05, 4.69) is 45.0 Å². The Morgan fingerprint density at radius 2 is 0.841 bits per heavy atom. The summed E-state index contributed by atoms with van der Waals surface area (Å²) in [5, 5.41) is 4.03. The van der Waals surface area contributed by atoms with Crippen LogP contribution in [0.4, 0.5) is 0 Å². The van der Waals surface area contributed by atoms with Gasteiger partial charge in [0.2, 0.25) is 0 Å². The van der Waals surface area contributed by atoms with Gasteiger partial charge in [-0.3, -0.25) is 14.5 Å². The fraction of sp³-hybridized carbons (Fsp3) is 0.444. The van der Waals surface area contributed by atoms with Crippen molar-refractivity contribution >= 4 is 45.5 Å². The van der Waals surface area contributed by atoms with Gasteiger partial charge in [-0.2, -0.15) is 0 Å². The molecule has 0 radical (unpaired) electrons. The minimum Gasteiger partial charge on any atom is -0.494 e. The summed E-state index contributed by atoms with van der Waals surface area (Å²) in [6.07, 6.45) is 20.9. The number of nitrogens with zero attached hydrogens (tertiary/aromatic N) is 3. The Balaban J connectivity index is 1.31. The van der Waals surface area contributed by atoms with Crippen LogP contribution in [-0.2, 0) is 0 Å². The van der Waals surface area contributed by atoms with Gasteiger partial charge in [-0.15, -0.1) is 22.7 Å². The van der Waals surface area contributed by atoms with Crippen LogP contribution < -0.4 is 9.47 Å². The van der Waals surface area contributed by atoms with Gasteiger partial charge in [0.05, 0.1) is 46.8 Å². The van der Waals surface area contributed by atoms with Gasteiger partial charge >= 0.3 is 0 Å². The highest BCUT2D eigenvalue weighted by Crippen LogP contribution is 2.48. The van der Waals surface area contributed by atoms with Gasteiger partial charge in [-0.1, -0.05) is 129 Å². The third kappa shape index (κ3) is 11.5. The molecule has 0 spiro atoms. The summed E-state index contributed by atoms with van der Waals surface area (Å²) in [6.45, 7) is 8.45. The lowest BCUT2D eigenvalue weighted by Crippen LogP contribution is -2.30. The van der Waals surface area contributed by atoms with Crippen molar-refractivity contribution in [3.63, 3.8) is 0 Å². The molecule has 4 heterocycles. The SMILES string of the molecule is CCCCCCCCOc1ccc(-c2nc3c(-c4cccs4)c4c(c(-c5cccs5)c3nc2-c2ccc(OCCCCCCCC)cc2)C(=O)N(CCCCCCCC)C4=O)cc1. The molecular formula is C54H65N3O4S2. The standard InChI is InChI=1S/C54H65N3O4S2/c1-4-7-10-13-16-19-34-57-53(58)47-45(43-24-22-37-62-43)51-52(46(48(47)54(57)59)44-25-23-38-63-44)56-50(40-28-32-42(33-29-40)61-36-21-18-15-12-9-6-3)49(55-51)39-26-30-41(31-27-39)60-35-20-17-14-11-8-5-2/h22-33,37-38H,4-21,34-36H2,1-3H3. The summed E-state index contributed by atoms with van der Waals surface area (Å²) < 4.78 is 12.4. The van der Waals surface area contributed by atoms with Gasteiger partial charge in [-0.05, 0) is 90.7 Å². The van der Waals surface area contributed by atoms with Crippen LogP contribution in [0.1, 0.15) is 157 Å². The monoisotopic (exact) mass is 883 g/mol. The van der Waals surface area contributed by atoms with Crippen LogP contribution in [0.3, 0.4) is 0 Å². The lowest BCUT2D eigenvalue weighted by atomic mass is 9.92. The van der Waals surface area contributed by atoms with Gasteiger partial charge in [0.15, 0.2) is 0 Å². The number of fused-ring (bicyclic) bond motifs is 2. The molecule has 6 aromatic rings. The van der Waals surface area contributed by atoms with Crippen LogP contribution in [0.5, 0.6) is 11.5 Å². The zero-order chi connectivity index (χ0) is 43.8. The van der Waals surface area contributed by atoms with E-state index in [1.54, 1.807) is 22.7 Å². The summed E-state index contributed by atoms with van der Waals surface area (Å²) >= 11 is 3.10. The van der Waals surface area contributed by atoms with Crippen LogP contribution in [0.25, 0.3) is 54.4 Å². The van der Waals surface area contributed by atoms with Gasteiger partial charge in [-0.25, -0.2) is 9.97 Å². The van der Waals surface area contributed by atoms with E-state index in [9.17, 15) is 9.59 Å². The second-order valence-electron chi connectivity index (χ2n) is 16.9. The predicted molar refractivity (Wildman–Crippen MR) is 264 cm³/mol. The Hall–Kier alpha value is -4.86. The minimum atomic E-state index is -0.248. The molecule has 7 rings (SSSR count). The van der Waals surface area contributed by atoms with Crippen molar-refractivity contribution in [3.05, 3.63) is 94.7 Å². The molecule has 1 aliphatic rings. The Morgan fingerprint density at radius 1 is 0.460 bits per heavy atom. The van der Waals surface area contributed by atoms with Crippen LogP contribution in [0, 0.1) is 0 Å². The highest BCUT2D eigenvalue weighted by atomic mass is 32.1. The van der Waals surface area contributed by atoms with Crippen molar-refractivity contribution in [2.45, 2.75) is 136 Å². The number of hydrogen-bond donors (Lipinski definition) is 0. The molecule has 0 atom stereocenters. The van der Waals surface area contributed by atoms with Gasteiger partial charge < -0.3 is 9.47 Å². The first kappa shape index (κ1) is 46.1. The molecule has 0 bridgehead atoms. The fourth-order valence-electron chi connectivity index (χ4n) is 8.60. The van der Waals surface area contributed by atoms with E-state index in [0.29, 0.717) is 64.4 Å².